The van der Waals surface area contributed by atoms with Gasteiger partial charge in [0, 0.05) is 22.0 Å². The van der Waals surface area contributed by atoms with Crippen molar-refractivity contribution < 1.29 is 27.6 Å². The van der Waals surface area contributed by atoms with E-state index in [1.165, 1.54) is 10.9 Å². The molecule has 0 atom stereocenters. The van der Waals surface area contributed by atoms with Gasteiger partial charge in [-0.2, -0.15) is 8.42 Å². The second-order valence-electron chi connectivity index (χ2n) is 10.3. The number of nitrogens with one attached hydrogen (secondary N) is 1. The van der Waals surface area contributed by atoms with Gasteiger partial charge in [-0.15, -0.1) is 10.2 Å². The van der Waals surface area contributed by atoms with Crippen molar-refractivity contribution in [2.75, 3.05) is 23.8 Å². The van der Waals surface area contributed by atoms with Crippen molar-refractivity contribution in [3.05, 3.63) is 89.5 Å². The van der Waals surface area contributed by atoms with Crippen molar-refractivity contribution in [2.45, 2.75) is 25.7 Å². The van der Waals surface area contributed by atoms with Crippen LogP contribution in [0.5, 0.6) is 11.5 Å². The number of ether oxygens (including phenoxy) is 1. The topological polar surface area (TPSA) is 141 Å². The minimum atomic E-state index is -4.64. The van der Waals surface area contributed by atoms with Gasteiger partial charge in [0.2, 0.25) is 7.98 Å². The molecular formula is C32H29BN4O6S. The Bertz CT molecular complexity index is 2070. The van der Waals surface area contributed by atoms with E-state index in [4.69, 9.17) is 12.7 Å². The van der Waals surface area contributed by atoms with Crippen LogP contribution in [0.4, 0.5) is 22.7 Å². The molecule has 0 bridgehead atoms. The molecule has 10 nitrogen and oxygen atoms in total. The maximum Gasteiger partial charge on any atom is 0.294 e. The number of hydrogen-bond donors (Lipinski definition) is 3. The lowest BCUT2D eigenvalue weighted by molar-refractivity contribution is 0.102. The molecule has 2 radical (unpaired) electrons. The highest BCUT2D eigenvalue weighted by Gasteiger charge is 2.21. The maximum absolute atomic E-state index is 13.0. The van der Waals surface area contributed by atoms with Crippen LogP contribution in [0.3, 0.4) is 0 Å². The van der Waals surface area contributed by atoms with E-state index in [0.29, 0.717) is 29.2 Å². The highest BCUT2D eigenvalue weighted by atomic mass is 32.2. The number of aryl methyl sites for hydroxylation is 2. The van der Waals surface area contributed by atoms with Crippen molar-refractivity contribution in [3.8, 4) is 11.5 Å². The number of carbonyl (C=O) groups excluding carboxylic acids is 1. The second kappa shape index (κ2) is 12.0. The standard InChI is InChI=1S/C32H29BN4O6S/c1-5-43-27-14-18(2)25-16-22(37(4)33)11-12-24(25)30(27)36-35-29-19(3)13-21-15-23(44(40,41)42)17-26(28(21)31(29)38)34-32(39)20-9-7-6-8-10-20/h6-17,38H,5H2,1-4H3,(H,34,39)(H,40,41,42). The van der Waals surface area contributed by atoms with Crippen LogP contribution in [0.1, 0.15) is 28.4 Å². The zero-order valence-corrected chi connectivity index (χ0v) is 25.3. The summed E-state index contributed by atoms with van der Waals surface area (Å²) >= 11 is 0. The van der Waals surface area contributed by atoms with Crippen LogP contribution in [0.2, 0.25) is 0 Å². The van der Waals surface area contributed by atoms with Crippen LogP contribution in [0.15, 0.2) is 87.9 Å². The van der Waals surface area contributed by atoms with E-state index in [-0.39, 0.29) is 27.9 Å². The normalized spacial score (nSPS) is 11.8. The zero-order chi connectivity index (χ0) is 31.8. The SMILES string of the molecule is [B]N(C)c1ccc2c(N=Nc3c(C)cc4cc(S(=O)(=O)O)cc(NC(=O)c5ccccc5)c4c3O)c(OCC)cc(C)c2c1. The van der Waals surface area contributed by atoms with Gasteiger partial charge in [-0.25, -0.2) is 0 Å². The Kier molecular flexibility index (Phi) is 8.31. The van der Waals surface area contributed by atoms with Gasteiger partial charge in [0.1, 0.15) is 17.1 Å². The number of aromatic hydroxyl groups is 1. The van der Waals surface area contributed by atoms with Crippen LogP contribution in [0, 0.1) is 13.8 Å². The summed E-state index contributed by atoms with van der Waals surface area (Å²) in [5.74, 6) is -0.380. The Hall–Kier alpha value is -4.94. The fraction of sp³-hybridized carbons (Fsp3) is 0.156. The molecule has 5 aromatic carbocycles. The van der Waals surface area contributed by atoms with Crippen molar-refractivity contribution in [1.82, 2.24) is 0 Å². The fourth-order valence-corrected chi connectivity index (χ4v) is 5.55. The molecule has 0 aliphatic heterocycles. The lowest BCUT2D eigenvalue weighted by Gasteiger charge is -2.17. The smallest absolute Gasteiger partial charge is 0.294 e. The van der Waals surface area contributed by atoms with E-state index in [2.05, 4.69) is 15.5 Å². The molecule has 0 aromatic heterocycles. The Morgan fingerprint density at radius 2 is 1.66 bits per heavy atom. The third-order valence-corrected chi connectivity index (χ3v) is 7.98. The number of rotatable bonds is 8. The van der Waals surface area contributed by atoms with Crippen LogP contribution in [-0.2, 0) is 10.1 Å². The summed E-state index contributed by atoms with van der Waals surface area (Å²) in [7, 11) is 3.06. The Labute approximate surface area is 256 Å². The highest BCUT2D eigenvalue weighted by molar-refractivity contribution is 7.85. The predicted octanol–water partition coefficient (Wildman–Crippen LogP) is 7.15. The third kappa shape index (κ3) is 5.94. The largest absolute Gasteiger partial charge is 0.505 e. The fourth-order valence-electron chi connectivity index (χ4n) is 5.01. The summed E-state index contributed by atoms with van der Waals surface area (Å²) in [4.78, 5) is 14.1. The lowest BCUT2D eigenvalue weighted by atomic mass is 10.0. The molecular weight excluding hydrogens is 579 g/mol. The van der Waals surface area contributed by atoms with E-state index in [1.54, 1.807) is 50.4 Å². The van der Waals surface area contributed by atoms with Gasteiger partial charge >= 0.3 is 0 Å². The zero-order valence-electron chi connectivity index (χ0n) is 24.5. The Balaban J connectivity index is 1.70. The molecule has 0 saturated carbocycles. The number of nitrogens with zero attached hydrogens (tertiary/aromatic N) is 3. The van der Waals surface area contributed by atoms with E-state index >= 15 is 0 Å². The van der Waals surface area contributed by atoms with Crippen LogP contribution < -0.4 is 14.9 Å². The maximum atomic E-state index is 13.0. The number of azo groups is 1. The molecule has 0 unspecified atom stereocenters. The van der Waals surface area contributed by atoms with E-state index < -0.39 is 20.9 Å². The predicted molar refractivity (Wildman–Crippen MR) is 173 cm³/mol. The molecule has 44 heavy (non-hydrogen) atoms. The summed E-state index contributed by atoms with van der Waals surface area (Å²) in [6, 6.07) is 19.7. The number of anilines is 2. The second-order valence-corrected chi connectivity index (χ2v) is 11.7. The number of amides is 1. The summed E-state index contributed by atoms with van der Waals surface area (Å²) in [6.45, 7) is 5.88. The van der Waals surface area contributed by atoms with Gasteiger partial charge in [-0.3, -0.25) is 9.35 Å². The molecule has 0 spiro atoms. The molecule has 1 amide bonds. The van der Waals surface area contributed by atoms with Gasteiger partial charge in [0.15, 0.2) is 5.75 Å². The summed E-state index contributed by atoms with van der Waals surface area (Å²) in [6.07, 6.45) is 0. The number of phenols is 1. The average molecular weight is 608 g/mol. The molecule has 5 rings (SSSR count). The molecule has 222 valence electrons. The van der Waals surface area contributed by atoms with Crippen LogP contribution in [0.25, 0.3) is 21.5 Å². The highest BCUT2D eigenvalue weighted by Crippen LogP contribution is 2.45. The van der Waals surface area contributed by atoms with Gasteiger partial charge < -0.3 is 20.0 Å². The number of fused-ring (bicyclic) bond motifs is 2. The van der Waals surface area contributed by atoms with Crippen molar-refractivity contribution in [3.63, 3.8) is 0 Å². The Morgan fingerprint density at radius 1 is 0.955 bits per heavy atom. The number of hydrogen-bond acceptors (Lipinski definition) is 8. The summed E-state index contributed by atoms with van der Waals surface area (Å²) < 4.78 is 39.8. The van der Waals surface area contributed by atoms with E-state index in [0.717, 1.165) is 28.1 Å². The third-order valence-electron chi connectivity index (χ3n) is 7.15. The van der Waals surface area contributed by atoms with Crippen molar-refractivity contribution in [1.29, 1.82) is 0 Å². The van der Waals surface area contributed by atoms with Crippen LogP contribution in [-0.4, -0.2) is 45.6 Å². The molecule has 3 N–H and O–H groups in total. The van der Waals surface area contributed by atoms with Gasteiger partial charge in [-0.05, 0) is 104 Å². The van der Waals surface area contributed by atoms with E-state index in [9.17, 15) is 22.9 Å². The number of phenolic OH excluding ortho intramolecular Hbond substituents is 1. The summed E-state index contributed by atoms with van der Waals surface area (Å²) in [5, 5.41) is 25.2. The van der Waals surface area contributed by atoms with Gasteiger partial charge in [0.25, 0.3) is 16.0 Å². The first-order chi connectivity index (χ1) is 20.9. The van der Waals surface area contributed by atoms with Gasteiger partial charge in [-0.1, -0.05) is 18.2 Å². The minimum Gasteiger partial charge on any atom is -0.505 e. The lowest BCUT2D eigenvalue weighted by Crippen LogP contribution is -2.13. The molecule has 0 aliphatic rings. The molecule has 0 aliphatic carbocycles. The average Bonchev–Trinajstić information content (AvgIpc) is 2.97. The molecule has 0 saturated heterocycles. The first kappa shape index (κ1) is 30.5. The molecule has 0 fully saturated rings. The van der Waals surface area contributed by atoms with Crippen molar-refractivity contribution >= 4 is 68.3 Å². The monoisotopic (exact) mass is 608 g/mol. The molecule has 12 heteroatoms. The van der Waals surface area contributed by atoms with E-state index in [1.807, 2.05) is 38.1 Å². The first-order valence-electron chi connectivity index (χ1n) is 13.6. The first-order valence-corrected chi connectivity index (χ1v) is 15.1. The minimum absolute atomic E-state index is 0.0350. The molecule has 5 aromatic rings. The van der Waals surface area contributed by atoms with Crippen LogP contribution >= 0.6 is 0 Å². The van der Waals surface area contributed by atoms with Crippen molar-refractivity contribution in [2.24, 2.45) is 10.2 Å². The number of benzene rings is 5. The quantitative estimate of drug-likeness (QED) is 0.0965. The van der Waals surface area contributed by atoms with Gasteiger partial charge in [0.05, 0.1) is 17.2 Å². The summed E-state index contributed by atoms with van der Waals surface area (Å²) in [5.41, 5.74) is 3.02. The Morgan fingerprint density at radius 3 is 2.32 bits per heavy atom. The molecule has 0 heterocycles. The number of carbonyl (C=O) groups is 1.